The molecule has 1 aliphatic carbocycles. The SMILES string of the molecule is O=[N+]([O-])CC(c1ccccc1)C1(c2ccc([N+](=O)[O-])cc2)CCCCC1. The Hall–Kier alpha value is -2.76. The van der Waals surface area contributed by atoms with Gasteiger partial charge in [-0.25, -0.2) is 0 Å². The Labute approximate surface area is 152 Å². The number of nitro groups is 2. The van der Waals surface area contributed by atoms with Crippen LogP contribution in [0, 0.1) is 20.2 Å². The summed E-state index contributed by atoms with van der Waals surface area (Å²) in [5, 5.41) is 22.4. The highest BCUT2D eigenvalue weighted by molar-refractivity contribution is 5.40. The van der Waals surface area contributed by atoms with Gasteiger partial charge in [-0.2, -0.15) is 0 Å². The largest absolute Gasteiger partial charge is 0.269 e. The second kappa shape index (κ2) is 7.64. The van der Waals surface area contributed by atoms with Crippen LogP contribution in [-0.2, 0) is 5.41 Å². The van der Waals surface area contributed by atoms with E-state index in [2.05, 4.69) is 0 Å². The van der Waals surface area contributed by atoms with Gasteiger partial charge in [0.05, 0.1) is 10.8 Å². The Balaban J connectivity index is 2.09. The fourth-order valence-corrected chi connectivity index (χ4v) is 4.37. The molecule has 0 aliphatic heterocycles. The molecule has 1 atom stereocenters. The average Bonchev–Trinajstić information content (AvgIpc) is 2.67. The Bertz CT molecular complexity index is 768. The lowest BCUT2D eigenvalue weighted by Crippen LogP contribution is -2.39. The molecule has 1 unspecified atom stereocenters. The van der Waals surface area contributed by atoms with Crippen LogP contribution in [-0.4, -0.2) is 16.4 Å². The first-order valence-electron chi connectivity index (χ1n) is 8.94. The van der Waals surface area contributed by atoms with E-state index in [4.69, 9.17) is 0 Å². The summed E-state index contributed by atoms with van der Waals surface area (Å²) < 4.78 is 0. The minimum atomic E-state index is -0.414. The summed E-state index contributed by atoms with van der Waals surface area (Å²) in [6.45, 7) is -0.138. The van der Waals surface area contributed by atoms with Gasteiger partial charge >= 0.3 is 0 Å². The zero-order chi connectivity index (χ0) is 18.6. The molecule has 2 aromatic carbocycles. The van der Waals surface area contributed by atoms with Gasteiger partial charge in [0.2, 0.25) is 6.54 Å². The van der Waals surface area contributed by atoms with E-state index in [9.17, 15) is 20.2 Å². The van der Waals surface area contributed by atoms with Crippen molar-refractivity contribution in [2.75, 3.05) is 6.54 Å². The van der Waals surface area contributed by atoms with E-state index in [1.807, 2.05) is 30.3 Å². The lowest BCUT2D eigenvalue weighted by atomic mass is 9.60. The van der Waals surface area contributed by atoms with Gasteiger partial charge in [-0.05, 0) is 24.0 Å². The maximum absolute atomic E-state index is 11.5. The van der Waals surface area contributed by atoms with E-state index in [0.29, 0.717) is 0 Å². The number of benzene rings is 2. The fourth-order valence-electron chi connectivity index (χ4n) is 4.37. The van der Waals surface area contributed by atoms with Crippen LogP contribution < -0.4 is 0 Å². The lowest BCUT2D eigenvalue weighted by molar-refractivity contribution is -0.485. The summed E-state index contributed by atoms with van der Waals surface area (Å²) in [4.78, 5) is 21.8. The molecule has 6 heteroatoms. The van der Waals surface area contributed by atoms with Crippen LogP contribution >= 0.6 is 0 Å². The number of non-ortho nitro benzene ring substituents is 1. The van der Waals surface area contributed by atoms with Crippen LogP contribution in [0.3, 0.4) is 0 Å². The fraction of sp³-hybridized carbons (Fsp3) is 0.400. The highest BCUT2D eigenvalue weighted by Crippen LogP contribution is 2.49. The summed E-state index contributed by atoms with van der Waals surface area (Å²) in [5.41, 5.74) is 1.62. The van der Waals surface area contributed by atoms with E-state index in [-0.39, 0.29) is 28.5 Å². The van der Waals surface area contributed by atoms with Gasteiger partial charge in [-0.15, -0.1) is 0 Å². The van der Waals surface area contributed by atoms with Crippen molar-refractivity contribution in [1.82, 2.24) is 0 Å². The minimum Gasteiger partial charge on any atom is -0.265 e. The van der Waals surface area contributed by atoms with Crippen molar-refractivity contribution in [3.63, 3.8) is 0 Å². The predicted molar refractivity (Wildman–Crippen MR) is 98.9 cm³/mol. The summed E-state index contributed by atoms with van der Waals surface area (Å²) in [5.74, 6) is -0.250. The molecule has 0 amide bonds. The van der Waals surface area contributed by atoms with Crippen LogP contribution in [0.2, 0.25) is 0 Å². The smallest absolute Gasteiger partial charge is 0.265 e. The Morgan fingerprint density at radius 2 is 1.50 bits per heavy atom. The summed E-state index contributed by atoms with van der Waals surface area (Å²) in [6, 6.07) is 16.2. The second-order valence-corrected chi connectivity index (χ2v) is 7.00. The van der Waals surface area contributed by atoms with Crippen molar-refractivity contribution in [2.45, 2.75) is 43.4 Å². The molecular formula is C20H22N2O4. The molecular weight excluding hydrogens is 332 g/mol. The van der Waals surface area contributed by atoms with Crippen molar-refractivity contribution >= 4 is 5.69 Å². The number of hydrogen-bond acceptors (Lipinski definition) is 4. The topological polar surface area (TPSA) is 86.3 Å². The lowest BCUT2D eigenvalue weighted by Gasteiger charge is -2.43. The Morgan fingerprint density at radius 1 is 0.885 bits per heavy atom. The first-order valence-corrected chi connectivity index (χ1v) is 8.94. The van der Waals surface area contributed by atoms with Crippen molar-refractivity contribution in [3.05, 3.63) is 86.0 Å². The van der Waals surface area contributed by atoms with Crippen LogP contribution in [0.4, 0.5) is 5.69 Å². The van der Waals surface area contributed by atoms with Gasteiger partial charge in [-0.3, -0.25) is 20.2 Å². The number of rotatable bonds is 6. The molecule has 0 N–H and O–H groups in total. The van der Waals surface area contributed by atoms with E-state index >= 15 is 0 Å². The third kappa shape index (κ3) is 3.59. The van der Waals surface area contributed by atoms with Gasteiger partial charge in [0, 0.05) is 22.5 Å². The van der Waals surface area contributed by atoms with Crippen LogP contribution in [0.25, 0.3) is 0 Å². The van der Waals surface area contributed by atoms with Gasteiger partial charge in [0.25, 0.3) is 5.69 Å². The highest BCUT2D eigenvalue weighted by atomic mass is 16.6. The normalized spacial score (nSPS) is 17.4. The number of nitro benzene ring substituents is 1. The summed E-state index contributed by atoms with van der Waals surface area (Å²) in [7, 11) is 0. The van der Waals surface area contributed by atoms with E-state index in [1.54, 1.807) is 12.1 Å². The Morgan fingerprint density at radius 3 is 2.04 bits per heavy atom. The van der Waals surface area contributed by atoms with Crippen molar-refractivity contribution in [2.24, 2.45) is 0 Å². The summed E-state index contributed by atoms with van der Waals surface area (Å²) in [6.07, 6.45) is 4.86. The molecule has 0 spiro atoms. The van der Waals surface area contributed by atoms with Gasteiger partial charge in [0.1, 0.15) is 0 Å². The maximum atomic E-state index is 11.5. The molecule has 1 saturated carbocycles. The molecule has 1 fully saturated rings. The monoisotopic (exact) mass is 354 g/mol. The van der Waals surface area contributed by atoms with Crippen LogP contribution in [0.15, 0.2) is 54.6 Å². The third-order valence-corrected chi connectivity index (χ3v) is 5.60. The molecule has 0 aromatic heterocycles. The number of hydrogen-bond donors (Lipinski definition) is 0. The van der Waals surface area contributed by atoms with E-state index in [0.717, 1.165) is 43.2 Å². The van der Waals surface area contributed by atoms with Gasteiger partial charge < -0.3 is 0 Å². The average molecular weight is 354 g/mol. The molecule has 136 valence electrons. The zero-order valence-electron chi connectivity index (χ0n) is 14.5. The predicted octanol–water partition coefficient (Wildman–Crippen LogP) is 4.86. The quantitative estimate of drug-likeness (QED) is 0.548. The third-order valence-electron chi connectivity index (χ3n) is 5.60. The minimum absolute atomic E-state index is 0.0465. The van der Waals surface area contributed by atoms with Crippen molar-refractivity contribution in [3.8, 4) is 0 Å². The molecule has 26 heavy (non-hydrogen) atoms. The van der Waals surface area contributed by atoms with E-state index < -0.39 is 4.92 Å². The first-order chi connectivity index (χ1) is 12.5. The van der Waals surface area contributed by atoms with Gasteiger partial charge in [-0.1, -0.05) is 61.7 Å². The highest BCUT2D eigenvalue weighted by Gasteiger charge is 2.44. The van der Waals surface area contributed by atoms with E-state index in [1.165, 1.54) is 12.1 Å². The molecule has 1 aliphatic rings. The van der Waals surface area contributed by atoms with Crippen LogP contribution in [0.1, 0.15) is 49.1 Å². The molecule has 0 saturated heterocycles. The Kier molecular flexibility index (Phi) is 5.30. The molecule has 0 bridgehead atoms. The summed E-state index contributed by atoms with van der Waals surface area (Å²) >= 11 is 0. The zero-order valence-corrected chi connectivity index (χ0v) is 14.5. The number of nitrogens with zero attached hydrogens (tertiary/aromatic N) is 2. The van der Waals surface area contributed by atoms with Gasteiger partial charge in [0.15, 0.2) is 0 Å². The standard InChI is InChI=1S/C20H22N2O4/c23-21(24)15-19(16-7-3-1-4-8-16)20(13-5-2-6-14-20)17-9-11-18(12-10-17)22(25)26/h1,3-4,7-12,19H,2,5-6,13-15H2. The molecule has 0 radical (unpaired) electrons. The van der Waals surface area contributed by atoms with Crippen LogP contribution in [0.5, 0.6) is 0 Å². The molecule has 3 rings (SSSR count). The van der Waals surface area contributed by atoms with Crippen molar-refractivity contribution in [1.29, 1.82) is 0 Å². The molecule has 0 heterocycles. The maximum Gasteiger partial charge on any atom is 0.269 e. The first kappa shape index (κ1) is 18.0. The molecule has 2 aromatic rings. The molecule has 6 nitrogen and oxygen atoms in total. The second-order valence-electron chi connectivity index (χ2n) is 7.00. The van der Waals surface area contributed by atoms with Crippen molar-refractivity contribution < 1.29 is 9.85 Å².